The van der Waals surface area contributed by atoms with Crippen molar-refractivity contribution in [2.75, 3.05) is 6.61 Å². The van der Waals surface area contributed by atoms with Crippen LogP contribution >= 0.6 is 0 Å². The van der Waals surface area contributed by atoms with Crippen LogP contribution in [0.5, 0.6) is 5.75 Å². The Labute approximate surface area is 183 Å². The van der Waals surface area contributed by atoms with E-state index >= 15 is 0 Å². The first-order valence-corrected chi connectivity index (χ1v) is 12.5. The Morgan fingerprint density at radius 3 is 2.57 bits per heavy atom. The molecule has 0 bridgehead atoms. The van der Waals surface area contributed by atoms with Gasteiger partial charge in [0.1, 0.15) is 12.4 Å². The summed E-state index contributed by atoms with van der Waals surface area (Å²) in [6.45, 7) is 4.99. The van der Waals surface area contributed by atoms with Crippen LogP contribution in [0.25, 0.3) is 10.8 Å². The van der Waals surface area contributed by atoms with Crippen molar-refractivity contribution >= 4 is 10.8 Å². The molecule has 1 nitrogen and oxygen atoms in total. The van der Waals surface area contributed by atoms with Crippen LogP contribution in [0.3, 0.4) is 0 Å². The van der Waals surface area contributed by atoms with Gasteiger partial charge in [0, 0.05) is 0 Å². The zero-order valence-electron chi connectivity index (χ0n) is 19.1. The molecule has 2 aromatic carbocycles. The highest BCUT2D eigenvalue weighted by Gasteiger charge is 2.35. The summed E-state index contributed by atoms with van der Waals surface area (Å²) in [4.78, 5) is 0. The molecule has 2 aliphatic carbocycles. The van der Waals surface area contributed by atoms with Crippen molar-refractivity contribution in [3.8, 4) is 5.75 Å². The minimum Gasteiger partial charge on any atom is -0.490 e. The van der Waals surface area contributed by atoms with Gasteiger partial charge in [0.05, 0.1) is 0 Å². The predicted molar refractivity (Wildman–Crippen MR) is 129 cm³/mol. The lowest BCUT2D eigenvalue weighted by Gasteiger charge is -2.42. The minimum atomic E-state index is 0.643. The smallest absolute Gasteiger partial charge is 0.120 e. The SMILES string of the molecule is C/C=C/COc1ccc2cc(C3CCC4CC(CCCCC)CCC4C3)ccc2c1. The van der Waals surface area contributed by atoms with Gasteiger partial charge in [-0.2, -0.15) is 0 Å². The molecule has 2 saturated carbocycles. The summed E-state index contributed by atoms with van der Waals surface area (Å²) in [5.41, 5.74) is 1.56. The van der Waals surface area contributed by atoms with E-state index in [0.29, 0.717) is 6.61 Å². The van der Waals surface area contributed by atoms with Crippen molar-refractivity contribution in [3.05, 3.63) is 54.1 Å². The maximum atomic E-state index is 5.81. The fourth-order valence-corrected chi connectivity index (χ4v) is 6.06. The van der Waals surface area contributed by atoms with E-state index < -0.39 is 0 Å². The van der Waals surface area contributed by atoms with Crippen molar-refractivity contribution < 1.29 is 4.74 Å². The molecule has 2 aromatic rings. The van der Waals surface area contributed by atoms with E-state index in [1.165, 1.54) is 75.0 Å². The van der Waals surface area contributed by atoms with Gasteiger partial charge in [-0.15, -0.1) is 0 Å². The largest absolute Gasteiger partial charge is 0.490 e. The van der Waals surface area contributed by atoms with Crippen LogP contribution in [0.2, 0.25) is 0 Å². The second-order valence-electron chi connectivity index (χ2n) is 9.85. The molecule has 2 aliphatic rings. The highest BCUT2D eigenvalue weighted by atomic mass is 16.5. The first-order valence-electron chi connectivity index (χ1n) is 12.5. The van der Waals surface area contributed by atoms with Crippen molar-refractivity contribution in [1.82, 2.24) is 0 Å². The summed E-state index contributed by atoms with van der Waals surface area (Å²) in [5, 5.41) is 2.64. The number of benzene rings is 2. The van der Waals surface area contributed by atoms with Gasteiger partial charge in [0.25, 0.3) is 0 Å². The molecule has 2 fully saturated rings. The van der Waals surface area contributed by atoms with E-state index in [-0.39, 0.29) is 0 Å². The van der Waals surface area contributed by atoms with Gasteiger partial charge in [0.2, 0.25) is 0 Å². The van der Waals surface area contributed by atoms with Crippen LogP contribution < -0.4 is 4.74 Å². The zero-order valence-corrected chi connectivity index (χ0v) is 19.1. The van der Waals surface area contributed by atoms with Crippen molar-refractivity contribution in [3.63, 3.8) is 0 Å². The number of allylic oxidation sites excluding steroid dienone is 1. The molecule has 4 unspecified atom stereocenters. The molecular formula is C29H40O. The first-order chi connectivity index (χ1) is 14.8. The third-order valence-corrected chi connectivity index (χ3v) is 7.83. The lowest BCUT2D eigenvalue weighted by molar-refractivity contribution is 0.113. The molecule has 162 valence electrons. The summed E-state index contributed by atoms with van der Waals surface area (Å²) < 4.78 is 5.81. The predicted octanol–water partition coefficient (Wildman–Crippen LogP) is 8.68. The van der Waals surface area contributed by atoms with Gasteiger partial charge in [-0.25, -0.2) is 0 Å². The summed E-state index contributed by atoms with van der Waals surface area (Å²) >= 11 is 0. The quantitative estimate of drug-likeness (QED) is 0.316. The van der Waals surface area contributed by atoms with Gasteiger partial charge >= 0.3 is 0 Å². The maximum absolute atomic E-state index is 5.81. The standard InChI is InChI=1S/C29H40O/c1-3-5-7-8-22-9-10-24-19-25(12-11-23(24)18-22)26-13-14-28-21-29(30-17-6-4-2)16-15-27(28)20-26/h4,6,13-16,20-25H,3,5,7-12,17-19H2,1-2H3/b6-4+. The number of ether oxygens (including phenoxy) is 1. The zero-order chi connectivity index (χ0) is 20.8. The molecule has 0 spiro atoms. The van der Waals surface area contributed by atoms with Crippen LogP contribution in [-0.2, 0) is 0 Å². The molecule has 0 aliphatic heterocycles. The summed E-state index contributed by atoms with van der Waals surface area (Å²) in [6, 6.07) is 13.7. The van der Waals surface area contributed by atoms with Crippen molar-refractivity contribution in [1.29, 1.82) is 0 Å². The van der Waals surface area contributed by atoms with Gasteiger partial charge in [-0.1, -0.05) is 75.4 Å². The molecule has 0 saturated heterocycles. The second kappa shape index (κ2) is 10.5. The van der Waals surface area contributed by atoms with Gasteiger partial charge in [-0.3, -0.25) is 0 Å². The van der Waals surface area contributed by atoms with E-state index in [4.69, 9.17) is 4.74 Å². The molecule has 0 N–H and O–H groups in total. The van der Waals surface area contributed by atoms with Crippen molar-refractivity contribution in [2.24, 2.45) is 17.8 Å². The van der Waals surface area contributed by atoms with Crippen LogP contribution in [0.4, 0.5) is 0 Å². The Kier molecular flexibility index (Phi) is 7.52. The molecule has 0 radical (unpaired) electrons. The molecular weight excluding hydrogens is 364 g/mol. The van der Waals surface area contributed by atoms with E-state index in [0.717, 1.165) is 29.4 Å². The monoisotopic (exact) mass is 404 g/mol. The second-order valence-corrected chi connectivity index (χ2v) is 9.85. The molecule has 4 rings (SSSR count). The van der Waals surface area contributed by atoms with Crippen LogP contribution in [0, 0.1) is 17.8 Å². The summed E-state index contributed by atoms with van der Waals surface area (Å²) in [5.74, 6) is 4.74. The normalized spacial score (nSPS) is 26.7. The van der Waals surface area contributed by atoms with E-state index in [9.17, 15) is 0 Å². The molecule has 4 atom stereocenters. The average molecular weight is 405 g/mol. The highest BCUT2D eigenvalue weighted by molar-refractivity contribution is 5.84. The number of hydrogen-bond acceptors (Lipinski definition) is 1. The number of unbranched alkanes of at least 4 members (excludes halogenated alkanes) is 2. The number of rotatable bonds is 8. The van der Waals surface area contributed by atoms with E-state index in [1.54, 1.807) is 5.56 Å². The average Bonchev–Trinajstić information content (AvgIpc) is 2.78. The third-order valence-electron chi connectivity index (χ3n) is 7.83. The van der Waals surface area contributed by atoms with E-state index in [2.05, 4.69) is 43.3 Å². The van der Waals surface area contributed by atoms with Crippen LogP contribution in [0.1, 0.15) is 89.5 Å². The minimum absolute atomic E-state index is 0.643. The molecule has 0 aromatic heterocycles. The Bertz CT molecular complexity index is 835. The third kappa shape index (κ3) is 5.29. The Morgan fingerprint density at radius 1 is 0.900 bits per heavy atom. The van der Waals surface area contributed by atoms with E-state index in [1.807, 2.05) is 19.1 Å². The lowest BCUT2D eigenvalue weighted by atomic mass is 9.63. The number of fused-ring (bicyclic) bond motifs is 2. The van der Waals surface area contributed by atoms with Gasteiger partial charge in [-0.05, 0) is 91.2 Å². The fraction of sp³-hybridized carbons (Fsp3) is 0.586. The van der Waals surface area contributed by atoms with Crippen molar-refractivity contribution in [2.45, 2.75) is 84.0 Å². The molecule has 1 heteroatoms. The number of hydrogen-bond donors (Lipinski definition) is 0. The van der Waals surface area contributed by atoms with Gasteiger partial charge in [0.15, 0.2) is 0 Å². The molecule has 0 amide bonds. The van der Waals surface area contributed by atoms with Crippen LogP contribution in [0.15, 0.2) is 48.6 Å². The topological polar surface area (TPSA) is 9.23 Å². The summed E-state index contributed by atoms with van der Waals surface area (Å²) in [6.07, 6.45) is 18.6. The Morgan fingerprint density at radius 2 is 1.70 bits per heavy atom. The first kappa shape index (κ1) is 21.5. The highest BCUT2D eigenvalue weighted by Crippen LogP contribution is 2.48. The Balaban J connectivity index is 1.36. The van der Waals surface area contributed by atoms with Gasteiger partial charge < -0.3 is 4.74 Å². The van der Waals surface area contributed by atoms with Crippen LogP contribution in [-0.4, -0.2) is 6.61 Å². The fourth-order valence-electron chi connectivity index (χ4n) is 6.06. The maximum Gasteiger partial charge on any atom is 0.120 e. The molecule has 0 heterocycles. The lowest BCUT2D eigenvalue weighted by Crippen LogP contribution is -2.30. The molecule has 30 heavy (non-hydrogen) atoms. The Hall–Kier alpha value is -1.76. The summed E-state index contributed by atoms with van der Waals surface area (Å²) in [7, 11) is 0.